The molecule has 1 aliphatic carbocycles. The van der Waals surface area contributed by atoms with Crippen LogP contribution in [0.5, 0.6) is 0 Å². The number of benzene rings is 1. The minimum Gasteiger partial charge on any atom is -0.430 e. The van der Waals surface area contributed by atoms with Crippen molar-refractivity contribution in [3.8, 4) is 0 Å². The first-order valence-corrected chi connectivity index (χ1v) is 12.0. The molecule has 0 aromatic heterocycles. The number of aliphatic hydroxyl groups is 1. The fourth-order valence-electron chi connectivity index (χ4n) is 4.57. The number of carbonyl (C=O) groups excluding carboxylic acids is 2. The van der Waals surface area contributed by atoms with Gasteiger partial charge in [-0.3, -0.25) is 9.59 Å². The molecule has 1 aromatic rings. The van der Waals surface area contributed by atoms with Crippen molar-refractivity contribution >= 4 is 29.1 Å². The number of hydrogen-bond acceptors (Lipinski definition) is 5. The van der Waals surface area contributed by atoms with E-state index >= 15 is 0 Å². The number of carbonyl (C=O) groups is 2. The topological polar surface area (TPSA) is 63.6 Å². The Morgan fingerprint density at radius 2 is 1.70 bits per heavy atom. The Kier molecular flexibility index (Phi) is 6.83. The summed E-state index contributed by atoms with van der Waals surface area (Å²) in [6, 6.07) is 4.10. The van der Waals surface area contributed by atoms with Crippen molar-refractivity contribution in [2.45, 2.75) is 66.9 Å². The molecule has 30 heavy (non-hydrogen) atoms. The number of hydrogen-bond donors (Lipinski definition) is 1. The molecular weight excluding hydrogens is 396 g/mol. The Balaban J connectivity index is 2.01. The zero-order chi connectivity index (χ0) is 22.2. The van der Waals surface area contributed by atoms with Crippen LogP contribution in [0, 0.1) is 38.0 Å². The molecule has 5 heteroatoms. The van der Waals surface area contributed by atoms with Gasteiger partial charge in [0.25, 0.3) is 0 Å². The minimum absolute atomic E-state index is 0.0903. The van der Waals surface area contributed by atoms with Crippen molar-refractivity contribution in [2.24, 2.45) is 17.3 Å². The molecule has 0 bridgehead atoms. The zero-order valence-corrected chi connectivity index (χ0v) is 19.8. The Bertz CT molecular complexity index is 849. The largest absolute Gasteiger partial charge is 0.430 e. The molecule has 2 aliphatic rings. The lowest BCUT2D eigenvalue weighted by atomic mass is 9.83. The number of Topliss-reactive ketones (excluding diaryl/α,β-unsaturated/α-hetero) is 1. The summed E-state index contributed by atoms with van der Waals surface area (Å²) in [5.74, 6) is 1.59. The molecule has 3 rings (SSSR count). The summed E-state index contributed by atoms with van der Waals surface area (Å²) < 4.78 is 5.83. The second-order valence-corrected chi connectivity index (χ2v) is 11.1. The molecule has 0 saturated carbocycles. The van der Waals surface area contributed by atoms with Crippen molar-refractivity contribution in [1.82, 2.24) is 0 Å². The van der Waals surface area contributed by atoms with E-state index in [0.29, 0.717) is 11.3 Å². The number of rotatable bonds is 4. The lowest BCUT2D eigenvalue weighted by Gasteiger charge is -2.29. The highest BCUT2D eigenvalue weighted by Crippen LogP contribution is 2.43. The summed E-state index contributed by atoms with van der Waals surface area (Å²) in [4.78, 5) is 26.3. The van der Waals surface area contributed by atoms with Crippen LogP contribution in [0.3, 0.4) is 0 Å². The molecule has 0 amide bonds. The van der Waals surface area contributed by atoms with Gasteiger partial charge in [0.15, 0.2) is 5.78 Å². The van der Waals surface area contributed by atoms with Crippen LogP contribution in [0.15, 0.2) is 17.9 Å². The van der Waals surface area contributed by atoms with E-state index in [9.17, 15) is 14.7 Å². The maximum Gasteiger partial charge on any atom is 0.316 e. The van der Waals surface area contributed by atoms with Crippen LogP contribution in [0.1, 0.15) is 62.3 Å². The first-order valence-electron chi connectivity index (χ1n) is 10.8. The van der Waals surface area contributed by atoms with Gasteiger partial charge in [-0.15, -0.1) is 0 Å². The van der Waals surface area contributed by atoms with Gasteiger partial charge >= 0.3 is 5.97 Å². The third kappa shape index (κ3) is 4.67. The molecule has 1 aromatic carbocycles. The average molecular weight is 431 g/mol. The Morgan fingerprint density at radius 1 is 1.13 bits per heavy atom. The Hall–Kier alpha value is -1.59. The molecule has 1 heterocycles. The van der Waals surface area contributed by atoms with Crippen molar-refractivity contribution < 1.29 is 19.4 Å². The van der Waals surface area contributed by atoms with E-state index in [1.807, 2.05) is 44.7 Å². The first-order chi connectivity index (χ1) is 14.0. The number of aryl methyl sites for hydroxylation is 3. The summed E-state index contributed by atoms with van der Waals surface area (Å²) in [5.41, 5.74) is 3.77. The Morgan fingerprint density at radius 3 is 2.23 bits per heavy atom. The lowest BCUT2D eigenvalue weighted by Crippen LogP contribution is -2.34. The first kappa shape index (κ1) is 23.1. The van der Waals surface area contributed by atoms with E-state index in [4.69, 9.17) is 4.74 Å². The molecule has 2 atom stereocenters. The van der Waals surface area contributed by atoms with Crippen molar-refractivity contribution in [1.29, 1.82) is 0 Å². The van der Waals surface area contributed by atoms with Gasteiger partial charge < -0.3 is 9.84 Å². The van der Waals surface area contributed by atoms with E-state index in [-0.39, 0.29) is 24.1 Å². The second-order valence-electron chi connectivity index (χ2n) is 9.83. The average Bonchev–Trinajstić information content (AvgIpc) is 2.97. The van der Waals surface area contributed by atoms with E-state index in [1.54, 1.807) is 20.8 Å². The lowest BCUT2D eigenvalue weighted by molar-refractivity contribution is -0.148. The van der Waals surface area contributed by atoms with Crippen LogP contribution in [0.4, 0.5) is 0 Å². The molecule has 1 fully saturated rings. The van der Waals surface area contributed by atoms with Crippen LogP contribution in [-0.2, 0) is 14.3 Å². The summed E-state index contributed by atoms with van der Waals surface area (Å²) in [6.07, 6.45) is 1.42. The van der Waals surface area contributed by atoms with E-state index in [2.05, 4.69) is 0 Å². The van der Waals surface area contributed by atoms with Crippen LogP contribution < -0.4 is 0 Å². The molecular formula is C25H34O4S. The van der Waals surface area contributed by atoms with Crippen LogP contribution in [0.25, 0.3) is 5.57 Å². The third-order valence-electron chi connectivity index (χ3n) is 6.18. The van der Waals surface area contributed by atoms with Gasteiger partial charge in [-0.2, -0.15) is 11.8 Å². The van der Waals surface area contributed by atoms with Gasteiger partial charge in [0.1, 0.15) is 5.76 Å². The van der Waals surface area contributed by atoms with Crippen molar-refractivity contribution in [2.75, 3.05) is 11.5 Å². The van der Waals surface area contributed by atoms with Gasteiger partial charge in [-0.1, -0.05) is 17.7 Å². The van der Waals surface area contributed by atoms with E-state index in [0.717, 1.165) is 46.6 Å². The van der Waals surface area contributed by atoms with Gasteiger partial charge in [0.2, 0.25) is 0 Å². The highest BCUT2D eigenvalue weighted by Gasteiger charge is 2.44. The zero-order valence-electron chi connectivity index (χ0n) is 19.0. The Labute approximate surface area is 184 Å². The predicted molar refractivity (Wildman–Crippen MR) is 122 cm³/mol. The van der Waals surface area contributed by atoms with Crippen LogP contribution in [-0.4, -0.2) is 34.5 Å². The normalized spacial score (nSPS) is 21.8. The molecule has 1 aliphatic heterocycles. The molecule has 4 nitrogen and oxygen atoms in total. The summed E-state index contributed by atoms with van der Waals surface area (Å²) in [5, 5.41) is 11.1. The van der Waals surface area contributed by atoms with Crippen molar-refractivity contribution in [3.63, 3.8) is 0 Å². The van der Waals surface area contributed by atoms with Gasteiger partial charge in [0.05, 0.1) is 23.0 Å². The second kappa shape index (κ2) is 8.88. The maximum atomic E-state index is 13.6. The smallest absolute Gasteiger partial charge is 0.316 e. The third-order valence-corrected chi connectivity index (χ3v) is 7.23. The van der Waals surface area contributed by atoms with E-state index in [1.165, 1.54) is 0 Å². The number of aliphatic hydroxyl groups excluding tert-OH is 1. The number of esters is 1. The molecule has 1 N–H and O–H groups in total. The molecule has 1 saturated heterocycles. The quantitative estimate of drug-likeness (QED) is 0.681. The maximum absolute atomic E-state index is 13.6. The van der Waals surface area contributed by atoms with Gasteiger partial charge in [-0.25, -0.2) is 0 Å². The van der Waals surface area contributed by atoms with Crippen LogP contribution in [0.2, 0.25) is 0 Å². The molecule has 0 spiro atoms. The number of ketones is 1. The summed E-state index contributed by atoms with van der Waals surface area (Å²) >= 11 is 1.90. The van der Waals surface area contributed by atoms with Crippen LogP contribution >= 0.6 is 11.8 Å². The fraction of sp³-hybridized carbons (Fsp3) is 0.600. The standard InChI is InChI=1S/C25H34O4S/c1-14-11-15(2)20(16(3)12-14)21-19(29-24(28)25(4,5)6)13-18(23(21)27)22(26)17-7-9-30-10-8-17/h11-12,17-18,22,26H,7-10,13H2,1-6H3. The van der Waals surface area contributed by atoms with Crippen molar-refractivity contribution in [3.05, 3.63) is 40.1 Å². The predicted octanol–water partition coefficient (Wildman–Crippen LogP) is 5.01. The number of ether oxygens (including phenoxy) is 1. The SMILES string of the molecule is Cc1cc(C)c(C2=C(OC(=O)C(C)(C)C)CC(C(O)C3CCSCC3)C2=O)c(C)c1. The molecule has 164 valence electrons. The van der Waals surface area contributed by atoms with E-state index < -0.39 is 17.4 Å². The number of allylic oxidation sites excluding steroid dienone is 2. The molecule has 0 radical (unpaired) electrons. The van der Waals surface area contributed by atoms with Gasteiger partial charge in [0, 0.05) is 6.42 Å². The highest BCUT2D eigenvalue weighted by atomic mass is 32.2. The monoisotopic (exact) mass is 430 g/mol. The highest BCUT2D eigenvalue weighted by molar-refractivity contribution is 7.99. The minimum atomic E-state index is -0.703. The summed E-state index contributed by atoms with van der Waals surface area (Å²) in [7, 11) is 0. The van der Waals surface area contributed by atoms with Gasteiger partial charge in [-0.05, 0) is 88.5 Å². The fourth-order valence-corrected chi connectivity index (χ4v) is 5.72. The number of thioether (sulfide) groups is 1. The molecule has 2 unspecified atom stereocenters. The summed E-state index contributed by atoms with van der Waals surface area (Å²) in [6.45, 7) is 11.4.